The number of amides is 3. The molecule has 1 heterocycles. The molecule has 0 atom stereocenters. The molecule has 23 heavy (non-hydrogen) atoms. The zero-order chi connectivity index (χ0) is 17.5. The quantitative estimate of drug-likeness (QED) is 0.832. The van der Waals surface area contributed by atoms with Crippen LogP contribution in [0.5, 0.6) is 0 Å². The number of hydrogen-bond acceptors (Lipinski definition) is 4. The van der Waals surface area contributed by atoms with Crippen molar-refractivity contribution in [2.24, 2.45) is 0 Å². The number of nitrogens with zero attached hydrogens (tertiary/aromatic N) is 3. The molecule has 1 fully saturated rings. The molecule has 1 aliphatic rings. The molecule has 134 valence electrons. The van der Waals surface area contributed by atoms with Gasteiger partial charge in [0.15, 0.2) is 0 Å². The second-order valence-corrected chi connectivity index (χ2v) is 6.71. The molecular formula is C16H32N4O3. The van der Waals surface area contributed by atoms with E-state index < -0.39 is 5.60 Å². The highest BCUT2D eigenvalue weighted by atomic mass is 16.6. The van der Waals surface area contributed by atoms with E-state index in [2.05, 4.69) is 10.2 Å². The lowest BCUT2D eigenvalue weighted by Gasteiger charge is -2.35. The number of piperazine rings is 1. The van der Waals surface area contributed by atoms with Crippen LogP contribution in [0.3, 0.4) is 0 Å². The molecule has 7 nitrogen and oxygen atoms in total. The summed E-state index contributed by atoms with van der Waals surface area (Å²) in [6.45, 7) is 15.4. The van der Waals surface area contributed by atoms with Crippen molar-refractivity contribution in [1.82, 2.24) is 20.0 Å². The minimum Gasteiger partial charge on any atom is -0.444 e. The summed E-state index contributed by atoms with van der Waals surface area (Å²) in [4.78, 5) is 29.6. The second-order valence-electron chi connectivity index (χ2n) is 6.71. The second kappa shape index (κ2) is 8.96. The summed E-state index contributed by atoms with van der Waals surface area (Å²) in [6, 6.07) is -0.0117. The van der Waals surface area contributed by atoms with E-state index in [0.717, 1.165) is 32.7 Å². The third-order valence-corrected chi connectivity index (χ3v) is 3.78. The van der Waals surface area contributed by atoms with Gasteiger partial charge in [-0.05, 0) is 34.6 Å². The van der Waals surface area contributed by atoms with Gasteiger partial charge in [0, 0.05) is 52.4 Å². The third kappa shape index (κ3) is 7.07. The van der Waals surface area contributed by atoms with E-state index in [-0.39, 0.29) is 12.1 Å². The van der Waals surface area contributed by atoms with Crippen molar-refractivity contribution in [2.45, 2.75) is 40.2 Å². The molecule has 1 aliphatic heterocycles. The summed E-state index contributed by atoms with van der Waals surface area (Å²) in [7, 11) is 0. The van der Waals surface area contributed by atoms with E-state index in [1.54, 1.807) is 9.80 Å². The zero-order valence-electron chi connectivity index (χ0n) is 15.2. The summed E-state index contributed by atoms with van der Waals surface area (Å²) in [6.07, 6.45) is -0.244. The lowest BCUT2D eigenvalue weighted by atomic mass is 10.2. The van der Waals surface area contributed by atoms with Crippen molar-refractivity contribution in [3.8, 4) is 0 Å². The summed E-state index contributed by atoms with van der Waals surface area (Å²) in [5, 5.41) is 2.94. The molecule has 0 radical (unpaired) electrons. The number of carbonyl (C=O) groups excluding carboxylic acids is 2. The molecule has 0 spiro atoms. The first kappa shape index (κ1) is 19.5. The Bertz CT molecular complexity index is 383. The highest BCUT2D eigenvalue weighted by Crippen LogP contribution is 2.11. The molecule has 1 saturated heterocycles. The van der Waals surface area contributed by atoms with Crippen molar-refractivity contribution in [2.75, 3.05) is 52.4 Å². The molecule has 7 heteroatoms. The van der Waals surface area contributed by atoms with Crippen LogP contribution in [0.15, 0.2) is 0 Å². The van der Waals surface area contributed by atoms with Crippen LogP contribution in [0.2, 0.25) is 0 Å². The van der Waals surface area contributed by atoms with E-state index in [0.29, 0.717) is 19.6 Å². The lowest BCUT2D eigenvalue weighted by Crippen LogP contribution is -2.51. The highest BCUT2D eigenvalue weighted by molar-refractivity contribution is 5.74. The largest absolute Gasteiger partial charge is 0.444 e. The third-order valence-electron chi connectivity index (χ3n) is 3.78. The zero-order valence-corrected chi connectivity index (χ0v) is 15.2. The maximum atomic E-state index is 12.0. The van der Waals surface area contributed by atoms with Crippen LogP contribution in [0.25, 0.3) is 0 Å². The van der Waals surface area contributed by atoms with Crippen LogP contribution in [0, 0.1) is 0 Å². The van der Waals surface area contributed by atoms with Crippen molar-refractivity contribution in [1.29, 1.82) is 0 Å². The monoisotopic (exact) mass is 328 g/mol. The van der Waals surface area contributed by atoms with Gasteiger partial charge in [-0.25, -0.2) is 9.59 Å². The Morgan fingerprint density at radius 3 is 2.13 bits per heavy atom. The average Bonchev–Trinajstić information content (AvgIpc) is 2.47. The molecule has 0 aromatic heterocycles. The lowest BCUT2D eigenvalue weighted by molar-refractivity contribution is 0.0147. The maximum Gasteiger partial charge on any atom is 0.410 e. The highest BCUT2D eigenvalue weighted by Gasteiger charge is 2.25. The Morgan fingerprint density at radius 2 is 1.65 bits per heavy atom. The van der Waals surface area contributed by atoms with E-state index in [1.165, 1.54) is 0 Å². The first-order valence-electron chi connectivity index (χ1n) is 8.50. The van der Waals surface area contributed by atoms with Crippen molar-refractivity contribution in [3.05, 3.63) is 0 Å². The fourth-order valence-electron chi connectivity index (χ4n) is 2.42. The number of hydrogen-bond donors (Lipinski definition) is 1. The summed E-state index contributed by atoms with van der Waals surface area (Å²) in [5.74, 6) is 0. The number of urea groups is 1. The molecule has 0 unspecified atom stereocenters. The molecule has 1 rings (SSSR count). The first-order valence-corrected chi connectivity index (χ1v) is 8.50. The number of rotatable bonds is 5. The predicted octanol–water partition coefficient (Wildman–Crippen LogP) is 1.59. The molecule has 0 aromatic rings. The number of nitrogens with one attached hydrogen (secondary N) is 1. The standard InChI is InChI=1S/C16H32N4O3/c1-6-19(7-2)14(21)17-8-9-18-10-12-20(13-11-18)15(22)23-16(3,4)5/h6-13H2,1-5H3,(H,17,21). The van der Waals surface area contributed by atoms with Crippen LogP contribution < -0.4 is 5.32 Å². The number of carbonyl (C=O) groups is 2. The van der Waals surface area contributed by atoms with Crippen molar-refractivity contribution in [3.63, 3.8) is 0 Å². The Balaban J connectivity index is 2.24. The van der Waals surface area contributed by atoms with Gasteiger partial charge in [-0.2, -0.15) is 0 Å². The van der Waals surface area contributed by atoms with E-state index in [4.69, 9.17) is 4.74 Å². The molecule has 0 saturated carbocycles. The Morgan fingerprint density at radius 1 is 1.09 bits per heavy atom. The minimum absolute atomic E-state index is 0.0117. The van der Waals surface area contributed by atoms with E-state index in [9.17, 15) is 9.59 Å². The molecule has 0 aromatic carbocycles. The van der Waals surface area contributed by atoms with Gasteiger partial charge in [0.05, 0.1) is 0 Å². The maximum absolute atomic E-state index is 12.0. The van der Waals surface area contributed by atoms with Crippen LogP contribution in [0.1, 0.15) is 34.6 Å². The molecule has 1 N–H and O–H groups in total. The van der Waals surface area contributed by atoms with Gasteiger partial charge in [-0.1, -0.05) is 0 Å². The van der Waals surface area contributed by atoms with E-state index in [1.807, 2.05) is 34.6 Å². The van der Waals surface area contributed by atoms with Crippen LogP contribution in [-0.2, 0) is 4.74 Å². The van der Waals surface area contributed by atoms with Crippen LogP contribution >= 0.6 is 0 Å². The Labute approximate surface area is 139 Å². The first-order chi connectivity index (χ1) is 10.8. The fraction of sp³-hybridized carbons (Fsp3) is 0.875. The number of ether oxygens (including phenoxy) is 1. The summed E-state index contributed by atoms with van der Waals surface area (Å²) >= 11 is 0. The van der Waals surface area contributed by atoms with Gasteiger partial charge in [-0.15, -0.1) is 0 Å². The molecule has 0 aliphatic carbocycles. The van der Waals surface area contributed by atoms with Gasteiger partial charge in [0.25, 0.3) is 0 Å². The average molecular weight is 328 g/mol. The fourth-order valence-corrected chi connectivity index (χ4v) is 2.42. The van der Waals surface area contributed by atoms with Crippen LogP contribution in [-0.4, -0.2) is 84.8 Å². The van der Waals surface area contributed by atoms with Crippen LogP contribution in [0.4, 0.5) is 9.59 Å². The molecular weight excluding hydrogens is 296 g/mol. The van der Waals surface area contributed by atoms with Gasteiger partial charge in [0.1, 0.15) is 5.60 Å². The van der Waals surface area contributed by atoms with Crippen molar-refractivity contribution < 1.29 is 14.3 Å². The normalized spacial score (nSPS) is 16.1. The molecule has 3 amide bonds. The summed E-state index contributed by atoms with van der Waals surface area (Å²) in [5.41, 5.74) is -0.455. The Hall–Kier alpha value is -1.50. The van der Waals surface area contributed by atoms with Gasteiger partial charge in [-0.3, -0.25) is 4.90 Å². The van der Waals surface area contributed by atoms with Gasteiger partial charge < -0.3 is 19.9 Å². The topological polar surface area (TPSA) is 65.1 Å². The predicted molar refractivity (Wildman–Crippen MR) is 90.6 cm³/mol. The minimum atomic E-state index is -0.455. The molecule has 0 bridgehead atoms. The van der Waals surface area contributed by atoms with Crippen molar-refractivity contribution >= 4 is 12.1 Å². The van der Waals surface area contributed by atoms with E-state index >= 15 is 0 Å². The van der Waals surface area contributed by atoms with Gasteiger partial charge >= 0.3 is 12.1 Å². The smallest absolute Gasteiger partial charge is 0.410 e. The Kier molecular flexibility index (Phi) is 7.61. The van der Waals surface area contributed by atoms with Gasteiger partial charge in [0.2, 0.25) is 0 Å². The summed E-state index contributed by atoms with van der Waals surface area (Å²) < 4.78 is 5.38. The SMILES string of the molecule is CCN(CC)C(=O)NCCN1CCN(C(=O)OC(C)(C)C)CC1.